The number of nitrogens with zero attached hydrogens (tertiary/aromatic N) is 2. The second kappa shape index (κ2) is 6.46. The van der Waals surface area contributed by atoms with Gasteiger partial charge in [0.25, 0.3) is 0 Å². The SMILES string of the molecule is CNC(Cc1nc(-c2ccc(Cl)c(Br)c2)no1)C(C)(C)C. The molecular weight excluding hydrogens is 354 g/mol. The molecule has 1 heterocycles. The monoisotopic (exact) mass is 371 g/mol. The first kappa shape index (κ1) is 16.5. The van der Waals surface area contributed by atoms with Crippen LogP contribution in [0.1, 0.15) is 26.7 Å². The number of halogens is 2. The van der Waals surface area contributed by atoms with E-state index in [-0.39, 0.29) is 11.5 Å². The summed E-state index contributed by atoms with van der Waals surface area (Å²) in [5.41, 5.74) is 0.991. The van der Waals surface area contributed by atoms with Gasteiger partial charge in [-0.2, -0.15) is 4.98 Å². The molecule has 2 rings (SSSR count). The fourth-order valence-electron chi connectivity index (χ4n) is 2.11. The Balaban J connectivity index is 2.19. The van der Waals surface area contributed by atoms with Gasteiger partial charge in [-0.25, -0.2) is 0 Å². The van der Waals surface area contributed by atoms with E-state index < -0.39 is 0 Å². The van der Waals surface area contributed by atoms with Crippen LogP contribution in [0.2, 0.25) is 5.02 Å². The highest BCUT2D eigenvalue weighted by Gasteiger charge is 2.25. The molecule has 0 fully saturated rings. The van der Waals surface area contributed by atoms with E-state index >= 15 is 0 Å². The van der Waals surface area contributed by atoms with Crippen LogP contribution >= 0.6 is 27.5 Å². The first-order valence-electron chi connectivity index (χ1n) is 6.76. The van der Waals surface area contributed by atoms with Gasteiger partial charge in [-0.05, 0) is 46.6 Å². The van der Waals surface area contributed by atoms with Crippen molar-refractivity contribution in [2.45, 2.75) is 33.2 Å². The van der Waals surface area contributed by atoms with E-state index in [4.69, 9.17) is 16.1 Å². The fourth-order valence-corrected chi connectivity index (χ4v) is 2.60. The van der Waals surface area contributed by atoms with Crippen LogP contribution in [0.3, 0.4) is 0 Å². The highest BCUT2D eigenvalue weighted by Crippen LogP contribution is 2.28. The Morgan fingerprint density at radius 3 is 2.67 bits per heavy atom. The lowest BCUT2D eigenvalue weighted by molar-refractivity contribution is 0.255. The van der Waals surface area contributed by atoms with Crippen LogP contribution < -0.4 is 5.32 Å². The Labute approximate surface area is 138 Å². The summed E-state index contributed by atoms with van der Waals surface area (Å²) in [6.45, 7) is 6.55. The van der Waals surface area contributed by atoms with Gasteiger partial charge in [0.15, 0.2) is 0 Å². The van der Waals surface area contributed by atoms with Crippen molar-refractivity contribution < 1.29 is 4.52 Å². The Bertz CT molecular complexity index is 622. The lowest BCUT2D eigenvalue weighted by Gasteiger charge is -2.29. The summed E-state index contributed by atoms with van der Waals surface area (Å²) >= 11 is 9.39. The van der Waals surface area contributed by atoms with Crippen molar-refractivity contribution >= 4 is 27.5 Å². The van der Waals surface area contributed by atoms with Crippen LogP contribution in [0.25, 0.3) is 11.4 Å². The lowest BCUT2D eigenvalue weighted by atomic mass is 9.85. The van der Waals surface area contributed by atoms with Gasteiger partial charge < -0.3 is 9.84 Å². The highest BCUT2D eigenvalue weighted by atomic mass is 79.9. The molecule has 0 radical (unpaired) electrons. The zero-order valence-electron chi connectivity index (χ0n) is 12.6. The maximum absolute atomic E-state index is 5.99. The smallest absolute Gasteiger partial charge is 0.228 e. The lowest BCUT2D eigenvalue weighted by Crippen LogP contribution is -2.39. The molecule has 0 saturated heterocycles. The van der Waals surface area contributed by atoms with Crippen molar-refractivity contribution in [1.29, 1.82) is 0 Å². The normalized spacial score (nSPS) is 13.4. The number of hydrogen-bond donors (Lipinski definition) is 1. The van der Waals surface area contributed by atoms with Gasteiger partial charge in [0.05, 0.1) is 5.02 Å². The first-order chi connectivity index (χ1) is 9.81. The molecule has 1 unspecified atom stereocenters. The van der Waals surface area contributed by atoms with E-state index in [0.29, 0.717) is 23.2 Å². The summed E-state index contributed by atoms with van der Waals surface area (Å²) in [7, 11) is 1.95. The molecule has 0 aliphatic rings. The topological polar surface area (TPSA) is 51.0 Å². The molecule has 1 atom stereocenters. The Hall–Kier alpha value is -0.910. The molecule has 6 heteroatoms. The highest BCUT2D eigenvalue weighted by molar-refractivity contribution is 9.10. The summed E-state index contributed by atoms with van der Waals surface area (Å²) in [4.78, 5) is 4.47. The molecule has 21 heavy (non-hydrogen) atoms. The number of nitrogens with one attached hydrogen (secondary N) is 1. The number of hydrogen-bond acceptors (Lipinski definition) is 4. The third kappa shape index (κ3) is 4.05. The number of benzene rings is 1. The van der Waals surface area contributed by atoms with Crippen LogP contribution in [0, 0.1) is 5.41 Å². The summed E-state index contributed by atoms with van der Waals surface area (Å²) in [6, 6.07) is 5.84. The average Bonchev–Trinajstić information content (AvgIpc) is 2.86. The molecule has 1 aromatic heterocycles. The molecule has 0 aliphatic carbocycles. The van der Waals surface area contributed by atoms with Crippen molar-refractivity contribution in [2.75, 3.05) is 7.05 Å². The van der Waals surface area contributed by atoms with Crippen molar-refractivity contribution in [3.8, 4) is 11.4 Å². The summed E-state index contributed by atoms with van der Waals surface area (Å²) in [5, 5.41) is 8.01. The van der Waals surface area contributed by atoms with E-state index in [9.17, 15) is 0 Å². The maximum atomic E-state index is 5.99. The van der Waals surface area contributed by atoms with Crippen molar-refractivity contribution in [1.82, 2.24) is 15.5 Å². The third-order valence-corrected chi connectivity index (χ3v) is 4.63. The zero-order valence-corrected chi connectivity index (χ0v) is 14.9. The van der Waals surface area contributed by atoms with Gasteiger partial charge in [0, 0.05) is 22.5 Å². The number of aromatic nitrogens is 2. The van der Waals surface area contributed by atoms with Gasteiger partial charge >= 0.3 is 0 Å². The zero-order chi connectivity index (χ0) is 15.6. The Morgan fingerprint density at radius 2 is 2.10 bits per heavy atom. The number of rotatable bonds is 4. The van der Waals surface area contributed by atoms with Crippen molar-refractivity contribution in [3.63, 3.8) is 0 Å². The van der Waals surface area contributed by atoms with Gasteiger partial charge in [-0.1, -0.05) is 37.5 Å². The second-order valence-electron chi connectivity index (χ2n) is 6.05. The summed E-state index contributed by atoms with van der Waals surface area (Å²) in [6.07, 6.45) is 0.696. The molecule has 0 amide bonds. The van der Waals surface area contributed by atoms with Gasteiger partial charge in [0.2, 0.25) is 11.7 Å². The van der Waals surface area contributed by atoms with E-state index in [2.05, 4.69) is 52.2 Å². The average molecular weight is 373 g/mol. The molecule has 114 valence electrons. The maximum Gasteiger partial charge on any atom is 0.228 e. The van der Waals surface area contributed by atoms with Crippen molar-refractivity contribution in [3.05, 3.63) is 33.6 Å². The Morgan fingerprint density at radius 1 is 1.38 bits per heavy atom. The van der Waals surface area contributed by atoms with Crippen LogP contribution in [0.15, 0.2) is 27.2 Å². The molecule has 0 bridgehead atoms. The van der Waals surface area contributed by atoms with Crippen molar-refractivity contribution in [2.24, 2.45) is 5.41 Å². The molecule has 0 spiro atoms. The molecule has 0 saturated carbocycles. The van der Waals surface area contributed by atoms with E-state index in [1.54, 1.807) is 0 Å². The van der Waals surface area contributed by atoms with E-state index in [1.165, 1.54) is 0 Å². The Kier molecular flexibility index (Phi) is 5.07. The quantitative estimate of drug-likeness (QED) is 0.868. The molecule has 2 aromatic rings. The van der Waals surface area contributed by atoms with Crippen LogP contribution in [0.5, 0.6) is 0 Å². The standard InChI is InChI=1S/C15H19BrClN3O/c1-15(2,3)12(18-4)8-13-19-14(20-21-13)9-5-6-11(17)10(16)7-9/h5-7,12,18H,8H2,1-4H3. The van der Waals surface area contributed by atoms with Crippen LogP contribution in [-0.4, -0.2) is 23.2 Å². The van der Waals surface area contributed by atoms with Gasteiger partial charge in [0.1, 0.15) is 0 Å². The fraction of sp³-hybridized carbons (Fsp3) is 0.467. The van der Waals surface area contributed by atoms with Crippen LogP contribution in [0.4, 0.5) is 0 Å². The molecule has 0 aliphatic heterocycles. The second-order valence-corrected chi connectivity index (χ2v) is 7.31. The summed E-state index contributed by atoms with van der Waals surface area (Å²) in [5.74, 6) is 1.21. The van der Waals surface area contributed by atoms with E-state index in [1.807, 2.05) is 25.2 Å². The predicted octanol–water partition coefficient (Wildman–Crippen LogP) is 4.33. The van der Waals surface area contributed by atoms with E-state index in [0.717, 1.165) is 10.0 Å². The third-order valence-electron chi connectivity index (χ3n) is 3.42. The predicted molar refractivity (Wildman–Crippen MR) is 88.5 cm³/mol. The molecule has 1 aromatic carbocycles. The number of likely N-dealkylation sites (N-methyl/N-ethyl adjacent to an activating group) is 1. The molecule has 1 N–H and O–H groups in total. The van der Waals surface area contributed by atoms with Gasteiger partial charge in [-0.3, -0.25) is 0 Å². The minimum Gasteiger partial charge on any atom is -0.339 e. The first-order valence-corrected chi connectivity index (χ1v) is 7.93. The van der Waals surface area contributed by atoms with Crippen LogP contribution in [-0.2, 0) is 6.42 Å². The summed E-state index contributed by atoms with van der Waals surface area (Å²) < 4.78 is 6.18. The minimum absolute atomic E-state index is 0.118. The minimum atomic E-state index is 0.118. The molecule has 4 nitrogen and oxygen atoms in total. The van der Waals surface area contributed by atoms with Gasteiger partial charge in [-0.15, -0.1) is 0 Å². The molecular formula is C15H19BrClN3O. The largest absolute Gasteiger partial charge is 0.339 e.